The zero-order chi connectivity index (χ0) is 13.0. The molecular formula is C11H19Cl2N3S. The van der Waals surface area contributed by atoms with Crippen molar-refractivity contribution in [3.63, 3.8) is 0 Å². The molecule has 0 N–H and O–H groups in total. The number of aromatic nitrogens is 1. The highest BCUT2D eigenvalue weighted by atomic mass is 35.5. The Balaban J connectivity index is 2.85. The number of halogens is 2. The molecule has 0 saturated heterocycles. The first-order valence-electron chi connectivity index (χ1n) is 5.62. The van der Waals surface area contributed by atoms with Gasteiger partial charge in [0.25, 0.3) is 0 Å². The van der Waals surface area contributed by atoms with Gasteiger partial charge in [-0.25, -0.2) is 4.98 Å². The number of likely N-dealkylation sites (N-methyl/N-ethyl adjacent to an activating group) is 2. The highest BCUT2D eigenvalue weighted by Gasteiger charge is 2.18. The second-order valence-electron chi connectivity index (χ2n) is 4.24. The Morgan fingerprint density at radius 3 is 2.47 bits per heavy atom. The summed E-state index contributed by atoms with van der Waals surface area (Å²) in [5.74, 6) is 0.427. The predicted molar refractivity (Wildman–Crippen MR) is 77.7 cm³/mol. The maximum Gasteiger partial charge on any atom is 0.187 e. The monoisotopic (exact) mass is 295 g/mol. The summed E-state index contributed by atoms with van der Waals surface area (Å²) in [6.45, 7) is 6.23. The average molecular weight is 296 g/mol. The minimum atomic E-state index is 0.403. The van der Waals surface area contributed by atoms with E-state index in [2.05, 4.69) is 42.7 Å². The van der Waals surface area contributed by atoms with Gasteiger partial charge in [-0.2, -0.15) is 0 Å². The Morgan fingerprint density at radius 1 is 1.41 bits per heavy atom. The lowest BCUT2D eigenvalue weighted by molar-refractivity contribution is 0.373. The smallest absolute Gasteiger partial charge is 0.187 e. The van der Waals surface area contributed by atoms with Crippen LogP contribution >= 0.6 is 34.5 Å². The van der Waals surface area contributed by atoms with Gasteiger partial charge in [-0.05, 0) is 27.9 Å². The van der Waals surface area contributed by atoms with Crippen molar-refractivity contribution in [2.45, 2.75) is 25.8 Å². The van der Waals surface area contributed by atoms with Gasteiger partial charge in [0.15, 0.2) is 5.13 Å². The van der Waals surface area contributed by atoms with Crippen LogP contribution in [-0.4, -0.2) is 43.1 Å². The fraction of sp³-hybridized carbons (Fsp3) is 0.727. The van der Waals surface area contributed by atoms with Crippen LogP contribution in [0.2, 0.25) is 5.15 Å². The lowest BCUT2D eigenvalue weighted by atomic mass is 10.3. The Bertz CT molecular complexity index is 354. The second kappa shape index (κ2) is 6.78. The van der Waals surface area contributed by atoms with Crippen LogP contribution in [0.3, 0.4) is 0 Å². The van der Waals surface area contributed by atoms with Crippen molar-refractivity contribution >= 4 is 39.7 Å². The van der Waals surface area contributed by atoms with E-state index in [1.54, 1.807) is 11.3 Å². The van der Waals surface area contributed by atoms with Gasteiger partial charge in [-0.1, -0.05) is 22.9 Å². The molecule has 6 heteroatoms. The molecule has 0 aliphatic rings. The van der Waals surface area contributed by atoms with Crippen molar-refractivity contribution in [3.8, 4) is 0 Å². The molecule has 98 valence electrons. The fourth-order valence-corrected chi connectivity index (χ4v) is 3.43. The molecule has 0 aliphatic carbocycles. The Morgan fingerprint density at radius 2 is 2.06 bits per heavy atom. The number of nitrogens with zero attached hydrogens (tertiary/aromatic N) is 3. The van der Waals surface area contributed by atoms with Crippen LogP contribution in [0.5, 0.6) is 0 Å². The quantitative estimate of drug-likeness (QED) is 0.751. The van der Waals surface area contributed by atoms with E-state index in [0.717, 1.165) is 23.1 Å². The van der Waals surface area contributed by atoms with E-state index < -0.39 is 0 Å². The van der Waals surface area contributed by atoms with Gasteiger partial charge in [0.1, 0.15) is 5.15 Å². The van der Waals surface area contributed by atoms with E-state index in [1.807, 2.05) is 0 Å². The lowest BCUT2D eigenvalue weighted by Gasteiger charge is -2.29. The Kier molecular flexibility index (Phi) is 6.00. The van der Waals surface area contributed by atoms with Crippen LogP contribution < -0.4 is 4.90 Å². The van der Waals surface area contributed by atoms with Crippen molar-refractivity contribution in [2.24, 2.45) is 0 Å². The van der Waals surface area contributed by atoms with E-state index in [9.17, 15) is 0 Å². The number of rotatable bonds is 6. The molecule has 17 heavy (non-hydrogen) atoms. The molecule has 0 radical (unpaired) electrons. The Hall–Kier alpha value is -0.0300. The topological polar surface area (TPSA) is 19.4 Å². The first kappa shape index (κ1) is 15.0. The van der Waals surface area contributed by atoms with Crippen molar-refractivity contribution in [1.29, 1.82) is 0 Å². The first-order chi connectivity index (χ1) is 7.99. The molecule has 0 aliphatic heterocycles. The van der Waals surface area contributed by atoms with Gasteiger partial charge in [0.2, 0.25) is 0 Å². The third kappa shape index (κ3) is 3.98. The van der Waals surface area contributed by atoms with Crippen LogP contribution in [0.4, 0.5) is 5.13 Å². The predicted octanol–water partition coefficient (Wildman–Crippen LogP) is 3.31. The van der Waals surface area contributed by atoms with Gasteiger partial charge in [0, 0.05) is 19.1 Å². The lowest BCUT2D eigenvalue weighted by Crippen LogP contribution is -2.40. The SMILES string of the molecule is CCN(c1nc(Cl)c(CCl)s1)C(C)CN(C)C. The molecule has 1 unspecified atom stereocenters. The summed E-state index contributed by atoms with van der Waals surface area (Å²) in [6, 6.07) is 0.403. The highest BCUT2D eigenvalue weighted by Crippen LogP contribution is 2.31. The van der Waals surface area contributed by atoms with E-state index in [-0.39, 0.29) is 0 Å². The van der Waals surface area contributed by atoms with Gasteiger partial charge in [-0.15, -0.1) is 11.6 Å². The molecule has 0 fully saturated rings. The molecule has 0 aromatic carbocycles. The summed E-state index contributed by atoms with van der Waals surface area (Å²) >= 11 is 13.4. The molecule has 1 aromatic heterocycles. The first-order valence-corrected chi connectivity index (χ1v) is 7.35. The zero-order valence-electron chi connectivity index (χ0n) is 10.7. The van der Waals surface area contributed by atoms with Crippen LogP contribution in [-0.2, 0) is 5.88 Å². The summed E-state index contributed by atoms with van der Waals surface area (Å²) in [5, 5.41) is 1.50. The van der Waals surface area contributed by atoms with E-state index in [4.69, 9.17) is 23.2 Å². The molecule has 1 rings (SSSR count). The summed E-state index contributed by atoms with van der Waals surface area (Å²) in [5.41, 5.74) is 0. The molecule has 0 bridgehead atoms. The van der Waals surface area contributed by atoms with E-state index in [0.29, 0.717) is 17.1 Å². The molecular weight excluding hydrogens is 277 g/mol. The van der Waals surface area contributed by atoms with Crippen LogP contribution in [0.1, 0.15) is 18.7 Å². The summed E-state index contributed by atoms with van der Waals surface area (Å²) < 4.78 is 0. The number of thiazole rings is 1. The normalized spacial score (nSPS) is 13.1. The molecule has 1 heterocycles. The van der Waals surface area contributed by atoms with Crippen molar-refractivity contribution < 1.29 is 0 Å². The summed E-state index contributed by atoms with van der Waals surface area (Å²) in [7, 11) is 4.15. The van der Waals surface area contributed by atoms with Crippen molar-refractivity contribution in [1.82, 2.24) is 9.88 Å². The van der Waals surface area contributed by atoms with Crippen molar-refractivity contribution in [2.75, 3.05) is 32.1 Å². The molecule has 0 saturated carbocycles. The summed E-state index contributed by atoms with van der Waals surface area (Å²) in [4.78, 5) is 9.76. The Labute approximate surface area is 117 Å². The molecule has 1 aromatic rings. The minimum Gasteiger partial charge on any atom is -0.344 e. The van der Waals surface area contributed by atoms with Gasteiger partial charge in [-0.3, -0.25) is 0 Å². The van der Waals surface area contributed by atoms with Crippen LogP contribution in [0, 0.1) is 0 Å². The van der Waals surface area contributed by atoms with Gasteiger partial charge >= 0.3 is 0 Å². The number of hydrogen-bond acceptors (Lipinski definition) is 4. The molecule has 0 spiro atoms. The van der Waals surface area contributed by atoms with Gasteiger partial charge < -0.3 is 9.80 Å². The molecule has 3 nitrogen and oxygen atoms in total. The van der Waals surface area contributed by atoms with Crippen LogP contribution in [0.15, 0.2) is 0 Å². The maximum atomic E-state index is 6.03. The maximum absolute atomic E-state index is 6.03. The van der Waals surface area contributed by atoms with E-state index in [1.165, 1.54) is 0 Å². The number of anilines is 1. The highest BCUT2D eigenvalue weighted by molar-refractivity contribution is 7.16. The molecule has 1 atom stereocenters. The fourth-order valence-electron chi connectivity index (χ4n) is 1.79. The third-order valence-corrected chi connectivity index (χ3v) is 4.45. The summed E-state index contributed by atoms with van der Waals surface area (Å²) in [6.07, 6.45) is 0. The van der Waals surface area contributed by atoms with Crippen LogP contribution in [0.25, 0.3) is 0 Å². The number of alkyl halides is 1. The van der Waals surface area contributed by atoms with Gasteiger partial charge in [0.05, 0.1) is 10.8 Å². The zero-order valence-corrected chi connectivity index (χ0v) is 13.0. The molecule has 0 amide bonds. The average Bonchev–Trinajstić information content (AvgIpc) is 2.59. The number of hydrogen-bond donors (Lipinski definition) is 0. The minimum absolute atomic E-state index is 0.403. The standard InChI is InChI=1S/C11H19Cl2N3S/c1-5-16(8(2)7-15(3)4)11-14-10(13)9(6-12)17-11/h8H,5-7H2,1-4H3. The van der Waals surface area contributed by atoms with Crippen molar-refractivity contribution in [3.05, 3.63) is 10.0 Å². The largest absolute Gasteiger partial charge is 0.344 e. The second-order valence-corrected chi connectivity index (χ2v) is 5.93. The third-order valence-electron chi connectivity index (χ3n) is 2.51. The van der Waals surface area contributed by atoms with E-state index >= 15 is 0 Å².